The van der Waals surface area contributed by atoms with Gasteiger partial charge in [0, 0.05) is 227 Å². The number of H-pyrrole nitrogens is 1. The lowest BCUT2D eigenvalue weighted by atomic mass is 10.1. The van der Waals surface area contributed by atoms with Gasteiger partial charge in [-0.3, -0.25) is 39.1 Å². The van der Waals surface area contributed by atoms with Crippen LogP contribution >= 0.6 is 0 Å². The Bertz CT molecular complexity index is 11000. The molecule has 0 radical (unpaired) electrons. The van der Waals surface area contributed by atoms with Crippen LogP contribution in [-0.2, 0) is 0 Å². The van der Waals surface area contributed by atoms with Crippen LogP contribution in [0.2, 0.25) is 0 Å². The number of carbonyl (C=O) groups is 4. The number of aryl methyl sites for hydroxylation is 4. The largest absolute Gasteiger partial charge is 0.324 e. The molecule has 30 nitrogen and oxygen atoms in total. The van der Waals surface area contributed by atoms with E-state index in [1.54, 1.807) is 48.3 Å². The summed E-state index contributed by atoms with van der Waals surface area (Å²) in [6.45, 7) is 8.59. The Balaban J connectivity index is 0.000000169. The predicted octanol–water partition coefficient (Wildman–Crippen LogP) is 23.2. The van der Waals surface area contributed by atoms with Gasteiger partial charge >= 0.3 is 0 Å². The fourth-order valence-corrected chi connectivity index (χ4v) is 12.6. The zero-order valence-electron chi connectivity index (χ0n) is 127. The quantitative estimate of drug-likeness (QED) is 0.0295. The first-order chi connectivity index (χ1) is 90.6. The lowest BCUT2D eigenvalue weighted by molar-refractivity contribution is 0.101. The van der Waals surface area contributed by atoms with Crippen molar-refractivity contribution in [3.8, 4) is 67.8 Å². The molecule has 0 saturated carbocycles. The number of hydrogen-bond donors (Lipinski definition) is 8. The summed E-state index contributed by atoms with van der Waals surface area (Å²) in [7, 11) is 0. The lowest BCUT2D eigenvalue weighted by Crippen LogP contribution is -2.14. The third-order valence-corrected chi connectivity index (χ3v) is 19.2. The van der Waals surface area contributed by atoms with Gasteiger partial charge in [0.05, 0.1) is 110 Å². The number of amides is 4. The molecular formula is C114H102N26O4. The van der Waals surface area contributed by atoms with Crippen LogP contribution in [0.15, 0.2) is 359 Å². The molecule has 12 aromatic heterocycles. The van der Waals surface area contributed by atoms with E-state index in [4.69, 9.17) is 68.5 Å². The van der Waals surface area contributed by atoms with E-state index >= 15 is 0 Å². The molecule has 20 rings (SSSR count). The first kappa shape index (κ1) is 52.5. The van der Waals surface area contributed by atoms with Gasteiger partial charge < -0.3 is 60.5 Å². The van der Waals surface area contributed by atoms with E-state index in [1.807, 2.05) is 6.92 Å². The maximum absolute atomic E-state index is 13.8. The molecular weight excluding hydrogens is 1800 g/mol. The molecule has 8 aromatic carbocycles. The SMILES string of the molecule is [2H]c1nc(=Nc2c([2H])c(C(=O)Nc3c([2H])c(C)c([2H])c(-n4ccc(C)c4)c3[2H])c([2H])c([2H])c2C)[nH]c(-c2cccnc2)c1[2H].[2H]c1nc([2H])c(-c2ccnc(Nc3c([2H])c(C(=O)Nc4c([2H])c(C)c([2H])c(-n5c([2H])cc(C)c5[2H])c4[2H])c([2H])c([2H])c3C([2H])([2H])[2H])n2)c([2H])c1[2H].[2H]c1nc([2H])c(-c2ccnc(Nc3c([2H])c(C(=O)Nc4c([2H])c(C)c([2H])c(-n5c([2H])nc(C)c5[2H])c4[2H])c([2H])c([2H])c3C([2H])([2H])[2H])n2)c([2H])c1[2H].[2H]c1nc([2H])c(-c2ccnc(Nc3c([2H])c(C(=O)Nc4c([2H])c(C)c([2H])c(-n5c([2H])nc(C)c5[2H])c4[2H])c([2H])c([2H])c3C)n2)c([2H])c1[2H]. The van der Waals surface area contributed by atoms with Crippen molar-refractivity contribution < 1.29 is 87.7 Å². The summed E-state index contributed by atoms with van der Waals surface area (Å²) in [5, 5.41) is 17.2. The van der Waals surface area contributed by atoms with Gasteiger partial charge in [-0.05, 0) is 344 Å². The number of anilines is 10. The minimum Gasteiger partial charge on any atom is -0.324 e. The summed E-state index contributed by atoms with van der Waals surface area (Å²) in [6, 6.07) is -6.80. The van der Waals surface area contributed by atoms with Gasteiger partial charge in [-0.25, -0.2) is 49.8 Å². The Kier molecular flexibility index (Phi) is 16.2. The van der Waals surface area contributed by atoms with Gasteiger partial charge in [-0.2, -0.15) is 0 Å². The zero-order valence-corrected chi connectivity index (χ0v) is 76.8. The maximum atomic E-state index is 13.8. The number of nitrogens with zero attached hydrogens (tertiary/aromatic N) is 18. The lowest BCUT2D eigenvalue weighted by Gasteiger charge is -2.13. The van der Waals surface area contributed by atoms with Gasteiger partial charge in [-0.1, -0.05) is 24.2 Å². The van der Waals surface area contributed by atoms with Gasteiger partial charge in [0.1, 0.15) is 2.74 Å². The normalized spacial score (nSPS) is 16.0. The third-order valence-electron chi connectivity index (χ3n) is 19.2. The Morgan fingerprint density at radius 2 is 0.778 bits per heavy atom. The number of rotatable bonds is 23. The molecule has 0 fully saturated rings. The summed E-state index contributed by atoms with van der Waals surface area (Å²) in [5.41, 5.74) is -7.08. The van der Waals surface area contributed by atoms with Crippen LogP contribution in [0.1, 0.15) is 177 Å². The first-order valence-electron chi connectivity index (χ1n) is 67.4. The Hall–Kier alpha value is -19.3. The summed E-state index contributed by atoms with van der Waals surface area (Å²) in [6.07, 6.45) is 4.31. The van der Waals surface area contributed by atoms with Crippen molar-refractivity contribution in [2.45, 2.75) is 82.9 Å². The van der Waals surface area contributed by atoms with Crippen LogP contribution in [0.25, 0.3) is 67.8 Å². The van der Waals surface area contributed by atoms with Crippen LogP contribution in [0, 0.1) is 82.9 Å². The fraction of sp³-hybridized carbons (Fsp3) is 0.105. The molecule has 0 spiro atoms. The van der Waals surface area contributed by atoms with E-state index in [0.717, 1.165) is 31.7 Å². The van der Waals surface area contributed by atoms with Gasteiger partial charge in [0.15, 0.2) is 0 Å². The first-order valence-corrected chi connectivity index (χ1v) is 42.4. The number of benzene rings is 8. The highest BCUT2D eigenvalue weighted by atomic mass is 16.2. The number of carbonyl (C=O) groups excluding carboxylic acids is 4. The molecule has 0 atom stereocenters. The second kappa shape index (κ2) is 44.5. The highest BCUT2D eigenvalue weighted by Crippen LogP contribution is 2.32. The average molecular weight is 1950 g/mol. The predicted molar refractivity (Wildman–Crippen MR) is 566 cm³/mol. The monoisotopic (exact) mass is 1950 g/mol. The minimum atomic E-state index is -3.13. The molecule has 30 heteroatoms. The van der Waals surface area contributed by atoms with E-state index in [2.05, 4.69) is 112 Å². The van der Waals surface area contributed by atoms with Crippen LogP contribution in [0.5, 0.6) is 0 Å². The van der Waals surface area contributed by atoms with E-state index in [1.165, 1.54) is 92.0 Å². The molecule has 0 aliphatic carbocycles. The van der Waals surface area contributed by atoms with Crippen molar-refractivity contribution in [1.29, 1.82) is 0 Å². The van der Waals surface area contributed by atoms with E-state index < -0.39 is 312 Å². The second-order valence-electron chi connectivity index (χ2n) is 30.3. The number of imidazole rings is 2. The van der Waals surface area contributed by atoms with Crippen LogP contribution in [-0.4, -0.2) is 112 Å². The van der Waals surface area contributed by atoms with E-state index in [0.29, 0.717) is 11.1 Å². The number of nitrogens with one attached hydrogen (secondary N) is 8. The van der Waals surface area contributed by atoms with Crippen molar-refractivity contribution in [3.63, 3.8) is 0 Å². The van der Waals surface area contributed by atoms with Crippen molar-refractivity contribution in [2.75, 3.05) is 37.2 Å². The summed E-state index contributed by atoms with van der Waals surface area (Å²) in [5.74, 6) is -5.77. The Labute approximate surface area is 902 Å². The highest BCUT2D eigenvalue weighted by molar-refractivity contribution is 6.08. The molecule has 20 aromatic rings. The second-order valence-corrected chi connectivity index (χ2v) is 30.3. The Morgan fingerprint density at radius 1 is 0.361 bits per heavy atom. The molecule has 144 heavy (non-hydrogen) atoms. The van der Waals surface area contributed by atoms with E-state index in [-0.39, 0.29) is 203 Å². The summed E-state index contributed by atoms with van der Waals surface area (Å²) in [4.78, 5) is 113. The molecule has 0 unspecified atom stereocenters. The minimum absolute atomic E-state index is 0.00332. The molecule has 0 aliphatic rings. The molecule has 0 aliphatic heterocycles. The highest BCUT2D eigenvalue weighted by Gasteiger charge is 2.20. The van der Waals surface area contributed by atoms with Crippen LogP contribution < -0.4 is 42.8 Å². The Morgan fingerprint density at radius 3 is 1.17 bits per heavy atom. The third kappa shape index (κ3) is 25.2. The topological polar surface area (TPSA) is 368 Å². The van der Waals surface area contributed by atoms with Gasteiger partial charge in [0.25, 0.3) is 23.6 Å². The average Bonchev–Trinajstić information content (AvgIpc) is 1.06. The molecule has 8 N–H and O–H groups in total. The van der Waals surface area contributed by atoms with Crippen molar-refractivity contribution >= 4 is 87.0 Å². The number of pyridine rings is 4. The van der Waals surface area contributed by atoms with E-state index in [9.17, 15) is 19.2 Å². The maximum Gasteiger partial charge on any atom is 0.255 e. The zero-order chi connectivity index (χ0) is 144. The van der Waals surface area contributed by atoms with Gasteiger partial charge in [-0.15, -0.1) is 0 Å². The van der Waals surface area contributed by atoms with Crippen molar-refractivity contribution in [3.05, 3.63) is 449 Å². The molecule has 712 valence electrons. The van der Waals surface area contributed by atoms with Crippen molar-refractivity contribution in [2.24, 2.45) is 4.99 Å². The smallest absolute Gasteiger partial charge is 0.255 e. The number of hydrogen-bond acceptors (Lipinski definition) is 21. The van der Waals surface area contributed by atoms with Gasteiger partial charge in [0.2, 0.25) is 23.5 Å². The number of aromatic amines is 1. The standard InChI is InChI=1S/2C29H26N6O.2C28H25N7O/c2*1-19-9-12-35(18-19)25-14-20(2)13-24(16-25)32-28(36)22-7-6-21(3)27(15-22)34-29-31-11-8-26(33-29)23-5-4-10-30-17-23;2*1-18-11-23(14-24(12-18)35-16-20(3)31-17-35)32-27(36)21-7-6-19(2)26(13-21)34-28-30-10-8-25(33-28)22-5-4-9-29-15-22/h2*4-18H,1-3H3,(H,32,36)(H,31,33,34);2*4-17H,1-3H3,(H,32,36)(H,30,33,34)/i3D3,4D,5D,6D,7D,10D,12D,13D,14D,15D,16D,17D,18D;6D,7D,8D,11D,13D,14D,15D,16D;2D3,4D,5D,6D,7D,9D,11D,12D,13D,14D,15D,16D,17D;4D,5D,6D,7D,9D,11D,12D,13D,14D,15D,16D,17D. The molecule has 0 bridgehead atoms. The van der Waals surface area contributed by atoms with Crippen molar-refractivity contribution in [1.82, 2.24) is 88.0 Å². The van der Waals surface area contributed by atoms with Crippen LogP contribution in [0.3, 0.4) is 0 Å². The number of aromatic nitrogens is 18. The van der Waals surface area contributed by atoms with Crippen LogP contribution in [0.4, 0.5) is 63.3 Å². The molecule has 4 amide bonds. The molecule has 12 heterocycles. The fourth-order valence-electron chi connectivity index (χ4n) is 12.6. The summed E-state index contributed by atoms with van der Waals surface area (Å²) >= 11 is 0. The summed E-state index contributed by atoms with van der Waals surface area (Å²) < 4.78 is 421. The molecule has 0 saturated heterocycles.